The van der Waals surface area contributed by atoms with E-state index in [4.69, 9.17) is 9.72 Å². The van der Waals surface area contributed by atoms with Gasteiger partial charge in [-0.05, 0) is 42.5 Å². The van der Waals surface area contributed by atoms with Crippen LogP contribution in [-0.2, 0) is 4.74 Å². The highest BCUT2D eigenvalue weighted by atomic mass is 16.5. The van der Waals surface area contributed by atoms with E-state index in [1.807, 2.05) is 35.2 Å². The lowest BCUT2D eigenvalue weighted by Crippen LogP contribution is -2.36. The first-order valence-electron chi connectivity index (χ1n) is 10.0. The zero-order chi connectivity index (χ0) is 20.2. The molecule has 0 unspecified atom stereocenters. The summed E-state index contributed by atoms with van der Waals surface area (Å²) in [5, 5.41) is 7.30. The van der Waals surface area contributed by atoms with Crippen molar-refractivity contribution in [2.75, 3.05) is 48.1 Å². The number of benzene rings is 2. The highest BCUT2D eigenvalue weighted by Gasteiger charge is 2.12. The minimum atomic E-state index is 0.571. The Morgan fingerprint density at radius 1 is 0.967 bits per heavy atom. The Morgan fingerprint density at radius 3 is 2.63 bits per heavy atom. The van der Waals surface area contributed by atoms with Gasteiger partial charge in [0.1, 0.15) is 13.0 Å². The van der Waals surface area contributed by atoms with Crippen molar-refractivity contribution < 1.29 is 4.74 Å². The van der Waals surface area contributed by atoms with E-state index >= 15 is 0 Å². The molecule has 8 heteroatoms. The van der Waals surface area contributed by atoms with Crippen LogP contribution in [0.3, 0.4) is 0 Å². The molecule has 0 spiro atoms. The van der Waals surface area contributed by atoms with Crippen molar-refractivity contribution >= 4 is 29.3 Å². The molecule has 30 heavy (non-hydrogen) atoms. The molecule has 0 aliphatic carbocycles. The molecule has 152 valence electrons. The molecule has 1 saturated heterocycles. The van der Waals surface area contributed by atoms with Crippen LogP contribution in [0.4, 0.5) is 23.0 Å². The standard InChI is InChI=1S/C22H23N7O/c1-2-17(14-20(3-1)28-10-12-30-13-11-28)21-8-9-23-22(27-21)26-18-4-6-19(7-5-18)29-15-24-25-16-29/h1-9,14-15,25H,10-13,16H2,(H,23,26,27). The van der Waals surface area contributed by atoms with E-state index in [2.05, 4.69) is 50.0 Å². The Bertz CT molecular complexity index is 1030. The van der Waals surface area contributed by atoms with Crippen LogP contribution in [0.25, 0.3) is 11.3 Å². The summed E-state index contributed by atoms with van der Waals surface area (Å²) in [6.07, 6.45) is 3.56. The van der Waals surface area contributed by atoms with E-state index in [0.717, 1.165) is 48.9 Å². The zero-order valence-corrected chi connectivity index (χ0v) is 16.5. The molecule has 8 nitrogen and oxygen atoms in total. The van der Waals surface area contributed by atoms with Crippen LogP contribution in [-0.4, -0.2) is 49.3 Å². The summed E-state index contributed by atoms with van der Waals surface area (Å²) in [4.78, 5) is 13.5. The number of morpholine rings is 1. The van der Waals surface area contributed by atoms with Crippen molar-refractivity contribution in [2.45, 2.75) is 0 Å². The lowest BCUT2D eigenvalue weighted by molar-refractivity contribution is 0.122. The molecule has 0 saturated carbocycles. The molecular formula is C22H23N7O. The average molecular weight is 401 g/mol. The Labute approximate surface area is 175 Å². The Morgan fingerprint density at radius 2 is 1.83 bits per heavy atom. The topological polar surface area (TPSA) is 77.9 Å². The van der Waals surface area contributed by atoms with Crippen molar-refractivity contribution in [2.24, 2.45) is 5.10 Å². The summed E-state index contributed by atoms with van der Waals surface area (Å²) < 4.78 is 5.46. The van der Waals surface area contributed by atoms with Crippen LogP contribution in [0.15, 0.2) is 65.9 Å². The zero-order valence-electron chi connectivity index (χ0n) is 16.5. The van der Waals surface area contributed by atoms with Crippen LogP contribution >= 0.6 is 0 Å². The van der Waals surface area contributed by atoms with Crippen molar-refractivity contribution in [3.63, 3.8) is 0 Å². The second kappa shape index (κ2) is 8.38. The fourth-order valence-corrected chi connectivity index (χ4v) is 3.55. The molecule has 0 bridgehead atoms. The van der Waals surface area contributed by atoms with Gasteiger partial charge < -0.3 is 19.9 Å². The Hall–Kier alpha value is -3.65. The third kappa shape index (κ3) is 4.04. The van der Waals surface area contributed by atoms with Gasteiger partial charge in [-0.2, -0.15) is 5.10 Å². The number of ether oxygens (including phenoxy) is 1. The molecule has 1 fully saturated rings. The number of nitrogens with one attached hydrogen (secondary N) is 2. The van der Waals surface area contributed by atoms with E-state index in [-0.39, 0.29) is 0 Å². The number of nitrogens with zero attached hydrogens (tertiary/aromatic N) is 5. The SMILES string of the molecule is C1=NNCN1c1ccc(Nc2nccc(-c3cccc(N4CCOCC4)c3)n2)cc1. The van der Waals surface area contributed by atoms with Gasteiger partial charge in [0.2, 0.25) is 5.95 Å². The fourth-order valence-electron chi connectivity index (χ4n) is 3.55. The third-order valence-electron chi connectivity index (χ3n) is 5.16. The molecule has 2 aromatic carbocycles. The number of hydrogen-bond acceptors (Lipinski definition) is 8. The first-order chi connectivity index (χ1) is 14.8. The lowest BCUT2D eigenvalue weighted by atomic mass is 10.1. The lowest BCUT2D eigenvalue weighted by Gasteiger charge is -2.29. The molecule has 2 aliphatic heterocycles. The predicted molar refractivity (Wildman–Crippen MR) is 119 cm³/mol. The maximum atomic E-state index is 5.46. The van der Waals surface area contributed by atoms with Gasteiger partial charge in [0.05, 0.1) is 18.9 Å². The van der Waals surface area contributed by atoms with Gasteiger partial charge in [0.15, 0.2) is 0 Å². The van der Waals surface area contributed by atoms with Gasteiger partial charge in [-0.15, -0.1) is 0 Å². The summed E-state index contributed by atoms with van der Waals surface area (Å²) >= 11 is 0. The smallest absolute Gasteiger partial charge is 0.227 e. The van der Waals surface area contributed by atoms with E-state index < -0.39 is 0 Å². The summed E-state index contributed by atoms with van der Waals surface area (Å²) in [5.41, 5.74) is 8.08. The number of hydrazone groups is 1. The molecule has 3 aromatic rings. The number of anilines is 4. The van der Waals surface area contributed by atoms with Crippen molar-refractivity contribution in [1.29, 1.82) is 0 Å². The van der Waals surface area contributed by atoms with Crippen molar-refractivity contribution in [1.82, 2.24) is 15.4 Å². The molecule has 2 aliphatic rings. The first kappa shape index (κ1) is 18.4. The van der Waals surface area contributed by atoms with Crippen molar-refractivity contribution in [3.8, 4) is 11.3 Å². The molecule has 5 rings (SSSR count). The monoisotopic (exact) mass is 401 g/mol. The van der Waals surface area contributed by atoms with E-state index in [1.54, 1.807) is 12.5 Å². The van der Waals surface area contributed by atoms with Crippen LogP contribution in [0.1, 0.15) is 0 Å². The quantitative estimate of drug-likeness (QED) is 0.680. The maximum absolute atomic E-state index is 5.46. The van der Waals surface area contributed by atoms with Gasteiger partial charge in [-0.1, -0.05) is 12.1 Å². The highest BCUT2D eigenvalue weighted by Crippen LogP contribution is 2.25. The molecule has 0 amide bonds. The minimum Gasteiger partial charge on any atom is -0.378 e. The fraction of sp³-hybridized carbons (Fsp3) is 0.227. The summed E-state index contributed by atoms with van der Waals surface area (Å²) in [6.45, 7) is 4.05. The number of hydrogen-bond donors (Lipinski definition) is 2. The molecule has 1 aromatic heterocycles. The predicted octanol–water partition coefficient (Wildman–Crippen LogP) is 3.03. The van der Waals surface area contributed by atoms with Gasteiger partial charge in [-0.3, -0.25) is 5.43 Å². The normalized spacial score (nSPS) is 15.9. The van der Waals surface area contributed by atoms with E-state index in [1.165, 1.54) is 5.69 Å². The molecule has 2 N–H and O–H groups in total. The van der Waals surface area contributed by atoms with Crippen LogP contribution < -0.4 is 20.5 Å². The largest absolute Gasteiger partial charge is 0.378 e. The second-order valence-corrected chi connectivity index (χ2v) is 7.12. The number of aromatic nitrogens is 2. The Kier molecular flexibility index (Phi) is 5.14. The summed E-state index contributed by atoms with van der Waals surface area (Å²) in [7, 11) is 0. The van der Waals surface area contributed by atoms with Gasteiger partial charge in [-0.25, -0.2) is 9.97 Å². The number of rotatable bonds is 5. The molecule has 3 heterocycles. The van der Waals surface area contributed by atoms with Gasteiger partial charge in [0.25, 0.3) is 0 Å². The summed E-state index contributed by atoms with van der Waals surface area (Å²) in [6, 6.07) is 18.5. The minimum absolute atomic E-state index is 0.571. The van der Waals surface area contributed by atoms with Gasteiger partial charge >= 0.3 is 0 Å². The van der Waals surface area contributed by atoms with Gasteiger partial charge in [0, 0.05) is 41.9 Å². The molecule has 0 atom stereocenters. The maximum Gasteiger partial charge on any atom is 0.227 e. The van der Waals surface area contributed by atoms with E-state index in [0.29, 0.717) is 12.6 Å². The van der Waals surface area contributed by atoms with Crippen LogP contribution in [0.2, 0.25) is 0 Å². The first-order valence-corrected chi connectivity index (χ1v) is 10.0. The van der Waals surface area contributed by atoms with E-state index in [9.17, 15) is 0 Å². The van der Waals surface area contributed by atoms with Crippen LogP contribution in [0.5, 0.6) is 0 Å². The average Bonchev–Trinajstić information content (AvgIpc) is 3.36. The molecular weight excluding hydrogens is 378 g/mol. The highest BCUT2D eigenvalue weighted by molar-refractivity contribution is 5.80. The van der Waals surface area contributed by atoms with Crippen molar-refractivity contribution in [3.05, 3.63) is 60.8 Å². The third-order valence-corrected chi connectivity index (χ3v) is 5.16. The second-order valence-electron chi connectivity index (χ2n) is 7.12. The Balaban J connectivity index is 1.32. The molecule has 0 radical (unpaired) electrons. The summed E-state index contributed by atoms with van der Waals surface area (Å²) in [5.74, 6) is 0.571. The van der Waals surface area contributed by atoms with Crippen LogP contribution in [0, 0.1) is 0 Å².